The third kappa shape index (κ3) is 4.04. The Hall–Kier alpha value is -2.93. The second-order valence-electron chi connectivity index (χ2n) is 4.61. The molecule has 0 radical (unpaired) electrons. The molecule has 0 unspecified atom stereocenters. The number of phenols is 1. The molecule has 0 saturated heterocycles. The molecule has 2 N–H and O–H groups in total. The molecule has 2 rings (SSSR count). The average Bonchev–Trinajstić information content (AvgIpc) is 2.54. The molecule has 0 aliphatic carbocycles. The van der Waals surface area contributed by atoms with Crippen LogP contribution < -0.4 is 5.43 Å². The SMILES string of the molecule is CC(=NNC(=O)c1cc(Cl)ccc1O)c1cccc([N+](=O)[O-])c1. The van der Waals surface area contributed by atoms with Crippen molar-refractivity contribution < 1.29 is 14.8 Å². The van der Waals surface area contributed by atoms with E-state index in [1.165, 1.54) is 36.4 Å². The van der Waals surface area contributed by atoms with Crippen LogP contribution in [0.2, 0.25) is 5.02 Å². The number of nitrogens with one attached hydrogen (secondary N) is 1. The van der Waals surface area contributed by atoms with E-state index in [0.717, 1.165) is 0 Å². The number of aromatic hydroxyl groups is 1. The van der Waals surface area contributed by atoms with Gasteiger partial charge in [0.15, 0.2) is 0 Å². The summed E-state index contributed by atoms with van der Waals surface area (Å²) in [6.07, 6.45) is 0. The highest BCUT2D eigenvalue weighted by atomic mass is 35.5. The fourth-order valence-electron chi connectivity index (χ4n) is 1.79. The number of nitro benzene ring substituents is 1. The van der Waals surface area contributed by atoms with Crippen LogP contribution in [0, 0.1) is 10.1 Å². The number of non-ortho nitro benzene ring substituents is 1. The first kappa shape index (κ1) is 16.4. The minimum absolute atomic E-state index is 0.0203. The van der Waals surface area contributed by atoms with Gasteiger partial charge in [0.2, 0.25) is 0 Å². The topological polar surface area (TPSA) is 105 Å². The lowest BCUT2D eigenvalue weighted by molar-refractivity contribution is -0.384. The summed E-state index contributed by atoms with van der Waals surface area (Å²) in [5, 5.41) is 24.6. The molecule has 0 aliphatic heterocycles. The number of hydrogen-bond donors (Lipinski definition) is 2. The Morgan fingerprint density at radius 1 is 1.30 bits per heavy atom. The number of nitro groups is 1. The molecule has 1 amide bonds. The van der Waals surface area contributed by atoms with Gasteiger partial charge in [0, 0.05) is 22.7 Å². The third-order valence-electron chi connectivity index (χ3n) is 3.00. The van der Waals surface area contributed by atoms with Crippen molar-refractivity contribution in [3.63, 3.8) is 0 Å². The van der Waals surface area contributed by atoms with Crippen molar-refractivity contribution in [3.05, 3.63) is 68.7 Å². The van der Waals surface area contributed by atoms with Crippen molar-refractivity contribution in [1.29, 1.82) is 0 Å². The van der Waals surface area contributed by atoms with Gasteiger partial charge in [0.25, 0.3) is 11.6 Å². The third-order valence-corrected chi connectivity index (χ3v) is 3.24. The van der Waals surface area contributed by atoms with Crippen molar-refractivity contribution in [2.75, 3.05) is 0 Å². The largest absolute Gasteiger partial charge is 0.507 e. The van der Waals surface area contributed by atoms with E-state index in [9.17, 15) is 20.0 Å². The molecule has 0 atom stereocenters. The highest BCUT2D eigenvalue weighted by Crippen LogP contribution is 2.21. The maximum Gasteiger partial charge on any atom is 0.275 e. The molecule has 118 valence electrons. The molecule has 0 bridgehead atoms. The van der Waals surface area contributed by atoms with Gasteiger partial charge < -0.3 is 5.11 Å². The Balaban J connectivity index is 2.19. The summed E-state index contributed by atoms with van der Waals surface area (Å²) in [5.41, 5.74) is 3.05. The summed E-state index contributed by atoms with van der Waals surface area (Å²) in [4.78, 5) is 22.2. The molecule has 2 aromatic rings. The predicted octanol–water partition coefficient (Wildman–Crippen LogP) is 3.11. The van der Waals surface area contributed by atoms with Crippen LogP contribution in [0.5, 0.6) is 5.75 Å². The number of phenolic OH excluding ortho intramolecular Hbond substituents is 1. The Morgan fingerprint density at radius 3 is 2.74 bits per heavy atom. The highest BCUT2D eigenvalue weighted by molar-refractivity contribution is 6.31. The first-order valence-corrected chi connectivity index (χ1v) is 6.84. The predicted molar refractivity (Wildman–Crippen MR) is 85.9 cm³/mol. The minimum atomic E-state index is -0.644. The molecule has 0 fully saturated rings. The van der Waals surface area contributed by atoms with Crippen LogP contribution in [-0.2, 0) is 0 Å². The van der Waals surface area contributed by atoms with E-state index >= 15 is 0 Å². The quantitative estimate of drug-likeness (QED) is 0.509. The number of amides is 1. The number of benzene rings is 2. The molecule has 0 heterocycles. The van der Waals surface area contributed by atoms with Gasteiger partial charge in [-0.3, -0.25) is 14.9 Å². The van der Waals surface area contributed by atoms with Gasteiger partial charge in [-0.2, -0.15) is 5.10 Å². The van der Waals surface area contributed by atoms with E-state index in [1.807, 2.05) is 0 Å². The zero-order chi connectivity index (χ0) is 17.0. The van der Waals surface area contributed by atoms with Crippen LogP contribution in [0.15, 0.2) is 47.6 Å². The lowest BCUT2D eigenvalue weighted by Gasteiger charge is -2.05. The van der Waals surface area contributed by atoms with E-state index in [0.29, 0.717) is 16.3 Å². The van der Waals surface area contributed by atoms with E-state index < -0.39 is 10.8 Å². The van der Waals surface area contributed by atoms with Crippen LogP contribution in [0.1, 0.15) is 22.8 Å². The minimum Gasteiger partial charge on any atom is -0.507 e. The van der Waals surface area contributed by atoms with Crippen molar-refractivity contribution in [2.24, 2.45) is 5.10 Å². The van der Waals surface area contributed by atoms with Gasteiger partial charge in [-0.25, -0.2) is 5.43 Å². The number of nitrogens with zero attached hydrogens (tertiary/aromatic N) is 2. The maximum absolute atomic E-state index is 12.0. The summed E-state index contributed by atoms with van der Waals surface area (Å²) in [5.74, 6) is -0.870. The molecule has 7 nitrogen and oxygen atoms in total. The van der Waals surface area contributed by atoms with E-state index in [-0.39, 0.29) is 17.0 Å². The fourth-order valence-corrected chi connectivity index (χ4v) is 1.97. The molecule has 0 aliphatic rings. The van der Waals surface area contributed by atoms with E-state index in [4.69, 9.17) is 11.6 Å². The van der Waals surface area contributed by atoms with Crippen molar-refractivity contribution in [3.8, 4) is 5.75 Å². The van der Waals surface area contributed by atoms with E-state index in [2.05, 4.69) is 10.5 Å². The van der Waals surface area contributed by atoms with Crippen LogP contribution in [-0.4, -0.2) is 21.6 Å². The first-order valence-electron chi connectivity index (χ1n) is 6.46. The molecule has 0 aromatic heterocycles. The smallest absolute Gasteiger partial charge is 0.275 e. The number of carbonyl (C=O) groups is 1. The lowest BCUT2D eigenvalue weighted by atomic mass is 10.1. The molecule has 2 aromatic carbocycles. The van der Waals surface area contributed by atoms with Gasteiger partial charge >= 0.3 is 0 Å². The number of hydrazone groups is 1. The lowest BCUT2D eigenvalue weighted by Crippen LogP contribution is -2.19. The van der Waals surface area contributed by atoms with Gasteiger partial charge in [-0.05, 0) is 25.1 Å². The molecule has 23 heavy (non-hydrogen) atoms. The van der Waals surface area contributed by atoms with Gasteiger partial charge in [-0.15, -0.1) is 0 Å². The summed E-state index contributed by atoms with van der Waals surface area (Å²) < 4.78 is 0. The Labute approximate surface area is 136 Å². The molecule has 8 heteroatoms. The van der Waals surface area contributed by atoms with Crippen LogP contribution in [0.3, 0.4) is 0 Å². The number of halogens is 1. The zero-order valence-corrected chi connectivity index (χ0v) is 12.7. The summed E-state index contributed by atoms with van der Waals surface area (Å²) in [6, 6.07) is 9.93. The van der Waals surface area contributed by atoms with Gasteiger partial charge in [0.05, 0.1) is 16.2 Å². The van der Waals surface area contributed by atoms with Gasteiger partial charge in [-0.1, -0.05) is 23.7 Å². The van der Waals surface area contributed by atoms with Gasteiger partial charge in [0.1, 0.15) is 5.75 Å². The first-order chi connectivity index (χ1) is 10.9. The standard InChI is InChI=1S/C15H12ClN3O4/c1-9(10-3-2-4-12(7-10)19(22)23)17-18-15(21)13-8-11(16)5-6-14(13)20/h2-8,20H,1H3,(H,18,21). The number of hydrogen-bond acceptors (Lipinski definition) is 5. The summed E-state index contributed by atoms with van der Waals surface area (Å²) in [6.45, 7) is 1.59. The molecular formula is C15H12ClN3O4. The normalized spacial score (nSPS) is 11.1. The molecule has 0 spiro atoms. The van der Waals surface area contributed by atoms with Crippen molar-refractivity contribution in [1.82, 2.24) is 5.43 Å². The fraction of sp³-hybridized carbons (Fsp3) is 0.0667. The highest BCUT2D eigenvalue weighted by Gasteiger charge is 2.12. The number of rotatable bonds is 4. The zero-order valence-electron chi connectivity index (χ0n) is 12.0. The summed E-state index contributed by atoms with van der Waals surface area (Å²) in [7, 11) is 0. The molecule has 0 saturated carbocycles. The Bertz CT molecular complexity index is 805. The second-order valence-corrected chi connectivity index (χ2v) is 5.04. The summed E-state index contributed by atoms with van der Waals surface area (Å²) >= 11 is 5.78. The maximum atomic E-state index is 12.0. The average molecular weight is 334 g/mol. The van der Waals surface area contributed by atoms with E-state index in [1.54, 1.807) is 13.0 Å². The molecular weight excluding hydrogens is 322 g/mol. The Kier molecular flexibility index (Phi) is 4.92. The Morgan fingerprint density at radius 2 is 2.04 bits per heavy atom. The monoisotopic (exact) mass is 333 g/mol. The number of carbonyl (C=O) groups excluding carboxylic acids is 1. The van der Waals surface area contributed by atoms with Crippen LogP contribution >= 0.6 is 11.6 Å². The van der Waals surface area contributed by atoms with Crippen LogP contribution in [0.25, 0.3) is 0 Å². The van der Waals surface area contributed by atoms with Crippen LogP contribution in [0.4, 0.5) is 5.69 Å². The van der Waals surface area contributed by atoms with Crippen molar-refractivity contribution in [2.45, 2.75) is 6.92 Å². The second kappa shape index (κ2) is 6.89. The van der Waals surface area contributed by atoms with Crippen molar-refractivity contribution >= 4 is 28.9 Å².